The van der Waals surface area contributed by atoms with Gasteiger partial charge in [0.05, 0.1) is 58.1 Å². The SMILES string of the molecule is CCCCOP(=O)(OCCCC)OC[N+]1(CCCCOc2ccc3ccc(=O)[nH]c3c2)CCN(c2cccc3sccc23)CC1.[I-]. The highest BCUT2D eigenvalue weighted by Crippen LogP contribution is 2.50. The average Bonchev–Trinajstić information content (AvgIpc) is 3.54. The molecule has 1 N–H and O–H groups in total. The summed E-state index contributed by atoms with van der Waals surface area (Å²) in [5.41, 5.74) is 1.91. The maximum Gasteiger partial charge on any atom is 0.479 e. The van der Waals surface area contributed by atoms with Gasteiger partial charge < -0.3 is 38.6 Å². The van der Waals surface area contributed by atoms with Crippen molar-refractivity contribution >= 4 is 45.8 Å². The van der Waals surface area contributed by atoms with Crippen molar-refractivity contribution in [1.29, 1.82) is 0 Å². The summed E-state index contributed by atoms with van der Waals surface area (Å²) < 4.78 is 39.4. The predicted octanol–water partition coefficient (Wildman–Crippen LogP) is 4.96. The first-order valence-corrected chi connectivity index (χ1v) is 18.6. The van der Waals surface area contributed by atoms with Gasteiger partial charge in [-0.2, -0.15) is 0 Å². The Bertz CT molecular complexity index is 1610. The number of phosphoric acid groups is 1. The highest BCUT2D eigenvalue weighted by Gasteiger charge is 2.37. The number of anilines is 1. The monoisotopic (exact) mass is 783 g/mol. The Hall–Kier alpha value is -1.99. The maximum absolute atomic E-state index is 13.7. The van der Waals surface area contributed by atoms with Crippen LogP contribution in [-0.4, -0.2) is 68.7 Å². The molecule has 0 bridgehead atoms. The van der Waals surface area contributed by atoms with Gasteiger partial charge >= 0.3 is 7.82 Å². The number of nitrogens with zero attached hydrogens (tertiary/aromatic N) is 2. The third kappa shape index (κ3) is 10.0. The van der Waals surface area contributed by atoms with Crippen LogP contribution in [0.5, 0.6) is 5.75 Å². The minimum atomic E-state index is -3.67. The normalized spacial score (nSPS) is 14.9. The van der Waals surface area contributed by atoms with Gasteiger partial charge in [-0.3, -0.25) is 18.3 Å². The van der Waals surface area contributed by atoms with Crippen molar-refractivity contribution in [3.05, 3.63) is 70.3 Å². The van der Waals surface area contributed by atoms with Gasteiger partial charge in [0.25, 0.3) is 0 Å². The van der Waals surface area contributed by atoms with Gasteiger partial charge in [0.2, 0.25) is 5.56 Å². The molecule has 5 rings (SSSR count). The Kier molecular flexibility index (Phi) is 14.4. The molecule has 2 aromatic carbocycles. The molecule has 0 unspecified atom stereocenters. The summed E-state index contributed by atoms with van der Waals surface area (Å²) in [7, 11) is -3.67. The Labute approximate surface area is 293 Å². The molecule has 9 nitrogen and oxygen atoms in total. The summed E-state index contributed by atoms with van der Waals surface area (Å²) in [5.74, 6) is 0.738. The second-order valence-electron chi connectivity index (χ2n) is 11.8. The van der Waals surface area contributed by atoms with E-state index in [2.05, 4.69) is 53.4 Å². The van der Waals surface area contributed by atoms with E-state index in [-0.39, 0.29) is 36.3 Å². The fraction of sp³-hybridized carbons (Fsp3) is 0.500. The topological polar surface area (TPSA) is 90.1 Å². The highest BCUT2D eigenvalue weighted by atomic mass is 127. The number of nitrogens with one attached hydrogen (secondary N) is 1. The highest BCUT2D eigenvalue weighted by molar-refractivity contribution is 7.48. The minimum Gasteiger partial charge on any atom is -1.00 e. The molecule has 0 aliphatic carbocycles. The molecule has 0 spiro atoms. The summed E-state index contributed by atoms with van der Waals surface area (Å²) in [5, 5.41) is 4.42. The second-order valence-corrected chi connectivity index (χ2v) is 14.4. The number of phosphoric ester groups is 1. The number of quaternary nitrogens is 1. The molecule has 1 fully saturated rings. The number of ether oxygens (including phenoxy) is 1. The first kappa shape index (κ1) is 36.8. The fourth-order valence-corrected chi connectivity index (χ4v) is 7.83. The first-order chi connectivity index (χ1) is 21.9. The summed E-state index contributed by atoms with van der Waals surface area (Å²) in [6.07, 6.45) is 5.29. The number of aromatic nitrogens is 1. The van der Waals surface area contributed by atoms with Crippen LogP contribution in [0.4, 0.5) is 5.69 Å². The van der Waals surface area contributed by atoms with Crippen LogP contribution in [0.15, 0.2) is 64.8 Å². The van der Waals surface area contributed by atoms with Crippen molar-refractivity contribution in [3.63, 3.8) is 0 Å². The summed E-state index contributed by atoms with van der Waals surface area (Å²) in [6, 6.07) is 17.8. The van der Waals surface area contributed by atoms with Gasteiger partial charge in [-0.25, -0.2) is 9.09 Å². The third-order valence-electron chi connectivity index (χ3n) is 8.48. The van der Waals surface area contributed by atoms with E-state index < -0.39 is 7.82 Å². The molecule has 0 atom stereocenters. The van der Waals surface area contributed by atoms with Crippen molar-refractivity contribution in [3.8, 4) is 5.75 Å². The largest absolute Gasteiger partial charge is 1.00 e. The number of hydrogen-bond donors (Lipinski definition) is 1. The molecule has 0 amide bonds. The van der Waals surface area contributed by atoms with E-state index in [0.717, 1.165) is 87.9 Å². The fourth-order valence-electron chi connectivity index (χ4n) is 5.71. The Morgan fingerprint density at radius 1 is 0.891 bits per heavy atom. The van der Waals surface area contributed by atoms with E-state index in [1.54, 1.807) is 11.3 Å². The van der Waals surface area contributed by atoms with E-state index in [1.807, 2.05) is 24.3 Å². The Balaban J connectivity index is 0.00000480. The summed E-state index contributed by atoms with van der Waals surface area (Å²) in [6.45, 7) is 10.1. The van der Waals surface area contributed by atoms with Gasteiger partial charge in [-0.15, -0.1) is 11.3 Å². The molecule has 0 saturated carbocycles. The van der Waals surface area contributed by atoms with Crippen LogP contribution >= 0.6 is 19.2 Å². The third-order valence-corrected chi connectivity index (χ3v) is 10.8. The molecule has 1 aliphatic rings. The second kappa shape index (κ2) is 18.0. The average molecular weight is 784 g/mol. The van der Waals surface area contributed by atoms with E-state index in [4.69, 9.17) is 18.3 Å². The summed E-state index contributed by atoms with van der Waals surface area (Å²) in [4.78, 5) is 17.1. The molecule has 0 radical (unpaired) electrons. The summed E-state index contributed by atoms with van der Waals surface area (Å²) >= 11 is 1.77. The van der Waals surface area contributed by atoms with Crippen LogP contribution in [0, 0.1) is 0 Å². The standard InChI is InChI=1S/C34H46N3O6PS.HI/c1-3-5-23-41-44(39,42-24-6-4-2)43-27-37(20-17-36(18-21-37)32-10-9-11-33-30(32)16-25-45-33)19-7-8-22-40-29-14-12-28-13-15-34(38)35-31(28)26-29;/h9-16,25-26H,3-8,17-24,27H2,1-2H3;1H. The minimum absolute atomic E-state index is 0. The molecule has 1 saturated heterocycles. The molecule has 3 heterocycles. The number of aromatic amines is 1. The van der Waals surface area contributed by atoms with Gasteiger partial charge in [-0.1, -0.05) is 32.8 Å². The quantitative estimate of drug-likeness (QED) is 0.0662. The van der Waals surface area contributed by atoms with Gasteiger partial charge in [0, 0.05) is 27.9 Å². The number of H-pyrrole nitrogens is 1. The Morgan fingerprint density at radius 3 is 2.37 bits per heavy atom. The van der Waals surface area contributed by atoms with Gasteiger partial charge in [0.1, 0.15) is 5.75 Å². The van der Waals surface area contributed by atoms with E-state index in [1.165, 1.54) is 21.8 Å². The number of fused-ring (bicyclic) bond motifs is 2. The smallest absolute Gasteiger partial charge is 0.479 e. The molecule has 4 aromatic rings. The number of unbranched alkanes of at least 4 members (excludes halogenated alkanes) is 3. The zero-order valence-electron chi connectivity index (χ0n) is 27.0. The predicted molar refractivity (Wildman–Crippen MR) is 183 cm³/mol. The molecule has 2 aromatic heterocycles. The number of hydrogen-bond acceptors (Lipinski definition) is 8. The number of benzene rings is 2. The van der Waals surface area contributed by atoms with Crippen molar-refractivity contribution in [2.24, 2.45) is 0 Å². The molecule has 1 aliphatic heterocycles. The number of halogens is 1. The van der Waals surface area contributed by atoms with Crippen molar-refractivity contribution in [2.75, 3.05) is 64.2 Å². The molecule has 46 heavy (non-hydrogen) atoms. The van der Waals surface area contributed by atoms with Crippen LogP contribution in [0.1, 0.15) is 52.4 Å². The number of thiophene rings is 1. The zero-order chi connectivity index (χ0) is 31.5. The lowest BCUT2D eigenvalue weighted by Crippen LogP contribution is -3.00. The lowest BCUT2D eigenvalue weighted by Gasteiger charge is -2.45. The van der Waals surface area contributed by atoms with E-state index >= 15 is 0 Å². The number of piperazine rings is 1. The molecular weight excluding hydrogens is 736 g/mol. The van der Waals surface area contributed by atoms with Crippen LogP contribution in [0.2, 0.25) is 0 Å². The van der Waals surface area contributed by atoms with Gasteiger partial charge in [0.15, 0.2) is 6.73 Å². The molecule has 252 valence electrons. The number of pyridine rings is 1. The Morgan fingerprint density at radius 2 is 1.63 bits per heavy atom. The zero-order valence-corrected chi connectivity index (χ0v) is 30.8. The first-order valence-electron chi connectivity index (χ1n) is 16.3. The van der Waals surface area contributed by atoms with Gasteiger partial charge in [-0.05, 0) is 72.8 Å². The van der Waals surface area contributed by atoms with Crippen LogP contribution in [-0.2, 0) is 18.1 Å². The van der Waals surface area contributed by atoms with E-state index in [0.29, 0.717) is 24.3 Å². The lowest BCUT2D eigenvalue weighted by molar-refractivity contribution is -0.943. The van der Waals surface area contributed by atoms with Crippen molar-refractivity contribution in [1.82, 2.24) is 4.98 Å². The van der Waals surface area contributed by atoms with Crippen molar-refractivity contribution in [2.45, 2.75) is 52.4 Å². The molecular formula is C34H47IN3O6PS. The number of rotatable bonds is 18. The van der Waals surface area contributed by atoms with Crippen LogP contribution in [0.3, 0.4) is 0 Å². The van der Waals surface area contributed by atoms with Crippen molar-refractivity contribution < 1.29 is 51.3 Å². The van der Waals surface area contributed by atoms with Crippen LogP contribution in [0.25, 0.3) is 21.0 Å². The lowest BCUT2D eigenvalue weighted by atomic mass is 10.1. The molecule has 12 heteroatoms. The maximum atomic E-state index is 13.7. The van der Waals surface area contributed by atoms with Crippen LogP contribution < -0.4 is 39.2 Å². The van der Waals surface area contributed by atoms with E-state index in [9.17, 15) is 9.36 Å².